The third-order valence-corrected chi connectivity index (χ3v) is 5.92. The number of rotatable bonds is 8. The number of halogens is 1. The van der Waals surface area contributed by atoms with Gasteiger partial charge < -0.3 is 20.4 Å². The standard InChI is InChI=1S/C22H32N6OS.HI/c1-3-23-22(26-16-18(2)19-8-15-30-17-19)25-10-7-21(29)28-13-11-27(12-14-28)20-6-4-5-9-24-20;/h4-6,8-9,15,17-18H,3,7,10-14,16H2,1-2H3,(H2,23,25,26);1H. The van der Waals surface area contributed by atoms with Crippen LogP contribution in [0.2, 0.25) is 0 Å². The molecule has 0 aliphatic carbocycles. The molecule has 1 aliphatic rings. The molecule has 3 heterocycles. The largest absolute Gasteiger partial charge is 0.357 e. The predicted molar refractivity (Wildman–Crippen MR) is 140 cm³/mol. The molecule has 9 heteroatoms. The highest BCUT2D eigenvalue weighted by molar-refractivity contribution is 14.0. The molecular formula is C22H33IN6OS. The van der Waals surface area contributed by atoms with Gasteiger partial charge in [-0.2, -0.15) is 11.3 Å². The third-order valence-electron chi connectivity index (χ3n) is 5.22. The van der Waals surface area contributed by atoms with E-state index in [-0.39, 0.29) is 29.9 Å². The number of amides is 1. The summed E-state index contributed by atoms with van der Waals surface area (Å²) in [6.07, 6.45) is 2.28. The Morgan fingerprint density at radius 3 is 2.68 bits per heavy atom. The minimum Gasteiger partial charge on any atom is -0.357 e. The maximum absolute atomic E-state index is 12.6. The number of carbonyl (C=O) groups excluding carboxylic acids is 1. The van der Waals surface area contributed by atoms with E-state index in [2.05, 4.69) is 49.3 Å². The first-order valence-corrected chi connectivity index (χ1v) is 11.6. The zero-order valence-corrected chi connectivity index (χ0v) is 21.4. The number of nitrogens with zero attached hydrogens (tertiary/aromatic N) is 4. The number of aromatic nitrogens is 1. The van der Waals surface area contributed by atoms with Crippen molar-refractivity contribution < 1.29 is 4.79 Å². The summed E-state index contributed by atoms with van der Waals surface area (Å²) in [6.45, 7) is 9.44. The molecule has 2 N–H and O–H groups in total. The minimum atomic E-state index is 0. The molecule has 170 valence electrons. The van der Waals surface area contributed by atoms with Gasteiger partial charge in [-0.1, -0.05) is 13.0 Å². The van der Waals surface area contributed by atoms with E-state index in [1.54, 1.807) is 11.3 Å². The lowest BCUT2D eigenvalue weighted by atomic mass is 10.1. The molecule has 3 rings (SSSR count). The van der Waals surface area contributed by atoms with Crippen molar-refractivity contribution in [3.63, 3.8) is 0 Å². The van der Waals surface area contributed by atoms with Crippen molar-refractivity contribution in [3.05, 3.63) is 46.8 Å². The molecule has 1 saturated heterocycles. The van der Waals surface area contributed by atoms with Crippen LogP contribution in [0.15, 0.2) is 46.2 Å². The van der Waals surface area contributed by atoms with Crippen molar-refractivity contribution in [1.82, 2.24) is 20.5 Å². The number of hydrogen-bond donors (Lipinski definition) is 2. The molecule has 7 nitrogen and oxygen atoms in total. The van der Waals surface area contributed by atoms with Gasteiger partial charge in [-0.05, 0) is 41.4 Å². The van der Waals surface area contributed by atoms with Gasteiger partial charge in [0.05, 0.1) is 0 Å². The number of aliphatic imine (C=N–C) groups is 1. The third kappa shape index (κ3) is 7.95. The Bertz CT molecular complexity index is 794. The molecule has 1 fully saturated rings. The Balaban J connectivity index is 0.00000341. The molecule has 2 aromatic heterocycles. The predicted octanol–water partition coefficient (Wildman–Crippen LogP) is 3.16. The maximum atomic E-state index is 12.6. The number of thiophene rings is 1. The van der Waals surface area contributed by atoms with Crippen LogP contribution < -0.4 is 15.5 Å². The van der Waals surface area contributed by atoms with Gasteiger partial charge in [0, 0.05) is 64.3 Å². The second-order valence-electron chi connectivity index (χ2n) is 7.41. The van der Waals surface area contributed by atoms with Crippen LogP contribution in [0.1, 0.15) is 31.7 Å². The van der Waals surface area contributed by atoms with Crippen LogP contribution in [0, 0.1) is 0 Å². The number of carbonyl (C=O) groups is 1. The van der Waals surface area contributed by atoms with E-state index in [1.165, 1.54) is 5.56 Å². The number of hydrogen-bond acceptors (Lipinski definition) is 5. The van der Waals surface area contributed by atoms with Crippen LogP contribution in [0.3, 0.4) is 0 Å². The van der Waals surface area contributed by atoms with Crippen molar-refractivity contribution in [2.45, 2.75) is 26.2 Å². The van der Waals surface area contributed by atoms with Gasteiger partial charge in [-0.25, -0.2) is 4.98 Å². The first-order valence-electron chi connectivity index (χ1n) is 10.7. The first kappa shape index (κ1) is 25.4. The average Bonchev–Trinajstić information content (AvgIpc) is 3.33. The van der Waals surface area contributed by atoms with E-state index in [4.69, 9.17) is 0 Å². The molecule has 1 unspecified atom stereocenters. The SMILES string of the molecule is CCNC(=NCC(C)c1ccsc1)NCCC(=O)N1CCN(c2ccccn2)CC1.I. The summed E-state index contributed by atoms with van der Waals surface area (Å²) >= 11 is 1.71. The van der Waals surface area contributed by atoms with Crippen LogP contribution in [0.25, 0.3) is 0 Å². The van der Waals surface area contributed by atoms with E-state index >= 15 is 0 Å². The fourth-order valence-electron chi connectivity index (χ4n) is 3.40. The Hall–Kier alpha value is -1.88. The highest BCUT2D eigenvalue weighted by Gasteiger charge is 2.21. The van der Waals surface area contributed by atoms with Gasteiger partial charge in [-0.15, -0.1) is 24.0 Å². The number of nitrogens with one attached hydrogen (secondary N) is 2. The molecule has 0 spiro atoms. The van der Waals surface area contributed by atoms with E-state index < -0.39 is 0 Å². The normalized spacial score (nSPS) is 15.2. The number of pyridine rings is 1. The molecule has 0 radical (unpaired) electrons. The summed E-state index contributed by atoms with van der Waals surface area (Å²) in [7, 11) is 0. The Morgan fingerprint density at radius 2 is 2.03 bits per heavy atom. The van der Waals surface area contributed by atoms with Crippen LogP contribution >= 0.6 is 35.3 Å². The topological polar surface area (TPSA) is 72.9 Å². The van der Waals surface area contributed by atoms with Gasteiger partial charge in [0.25, 0.3) is 0 Å². The van der Waals surface area contributed by atoms with Gasteiger partial charge >= 0.3 is 0 Å². The van der Waals surface area contributed by atoms with Crippen LogP contribution in [-0.4, -0.2) is 67.6 Å². The van der Waals surface area contributed by atoms with Crippen molar-refractivity contribution >= 4 is 53.0 Å². The molecule has 1 amide bonds. The van der Waals surface area contributed by atoms with Gasteiger partial charge in [0.15, 0.2) is 5.96 Å². The summed E-state index contributed by atoms with van der Waals surface area (Å²) in [5.41, 5.74) is 1.32. The Morgan fingerprint density at radius 1 is 1.23 bits per heavy atom. The van der Waals surface area contributed by atoms with Crippen molar-refractivity contribution in [2.24, 2.45) is 4.99 Å². The van der Waals surface area contributed by atoms with Gasteiger partial charge in [0.1, 0.15) is 5.82 Å². The van der Waals surface area contributed by atoms with Gasteiger partial charge in [-0.3, -0.25) is 9.79 Å². The molecule has 2 aromatic rings. The second kappa shape index (κ2) is 13.5. The Labute approximate surface area is 206 Å². The molecule has 0 saturated carbocycles. The molecule has 1 aliphatic heterocycles. The summed E-state index contributed by atoms with van der Waals surface area (Å²) in [5.74, 6) is 2.32. The highest BCUT2D eigenvalue weighted by Crippen LogP contribution is 2.18. The number of guanidine groups is 1. The van der Waals surface area contributed by atoms with E-state index in [0.29, 0.717) is 18.9 Å². The van der Waals surface area contributed by atoms with Crippen molar-refractivity contribution in [3.8, 4) is 0 Å². The van der Waals surface area contributed by atoms with Crippen LogP contribution in [0.4, 0.5) is 5.82 Å². The molecule has 0 aromatic carbocycles. The molecule has 31 heavy (non-hydrogen) atoms. The lowest BCUT2D eigenvalue weighted by molar-refractivity contribution is -0.131. The van der Waals surface area contributed by atoms with E-state index in [9.17, 15) is 4.79 Å². The van der Waals surface area contributed by atoms with Crippen LogP contribution in [-0.2, 0) is 4.79 Å². The van der Waals surface area contributed by atoms with Gasteiger partial charge in [0.2, 0.25) is 5.91 Å². The summed E-state index contributed by atoms with van der Waals surface area (Å²) in [4.78, 5) is 25.9. The summed E-state index contributed by atoms with van der Waals surface area (Å²) < 4.78 is 0. The first-order chi connectivity index (χ1) is 14.7. The second-order valence-corrected chi connectivity index (χ2v) is 8.19. The average molecular weight is 557 g/mol. The van der Waals surface area contributed by atoms with E-state index in [1.807, 2.05) is 36.2 Å². The van der Waals surface area contributed by atoms with Crippen molar-refractivity contribution in [1.29, 1.82) is 0 Å². The van der Waals surface area contributed by atoms with Crippen molar-refractivity contribution in [2.75, 3.05) is 50.7 Å². The fraction of sp³-hybridized carbons (Fsp3) is 0.500. The van der Waals surface area contributed by atoms with Crippen LogP contribution in [0.5, 0.6) is 0 Å². The molecule has 0 bridgehead atoms. The zero-order chi connectivity index (χ0) is 21.2. The number of anilines is 1. The monoisotopic (exact) mass is 556 g/mol. The molecule has 1 atom stereocenters. The fourth-order valence-corrected chi connectivity index (χ4v) is 4.18. The smallest absolute Gasteiger partial charge is 0.224 e. The summed E-state index contributed by atoms with van der Waals surface area (Å²) in [6, 6.07) is 8.08. The zero-order valence-electron chi connectivity index (χ0n) is 18.3. The summed E-state index contributed by atoms with van der Waals surface area (Å²) in [5, 5.41) is 10.8. The lowest BCUT2D eigenvalue weighted by Gasteiger charge is -2.35. The number of piperazine rings is 1. The lowest BCUT2D eigenvalue weighted by Crippen LogP contribution is -2.49. The quantitative estimate of drug-likeness (QED) is 0.297. The molecular weight excluding hydrogens is 523 g/mol. The Kier molecular flexibility index (Phi) is 11.1. The highest BCUT2D eigenvalue weighted by atomic mass is 127. The van der Waals surface area contributed by atoms with E-state index in [0.717, 1.165) is 51.0 Å². The maximum Gasteiger partial charge on any atom is 0.224 e. The minimum absolute atomic E-state index is 0.